The Balaban J connectivity index is 1.61. The van der Waals surface area contributed by atoms with Gasteiger partial charge in [-0.3, -0.25) is 0 Å². The lowest BCUT2D eigenvalue weighted by molar-refractivity contribution is 0.137. The van der Waals surface area contributed by atoms with Crippen molar-refractivity contribution in [3.05, 3.63) is 48.0 Å². The first-order chi connectivity index (χ1) is 7.95. The fourth-order valence-electron chi connectivity index (χ4n) is 1.78. The fraction of sp³-hybridized carbons (Fsp3) is 0.429. The summed E-state index contributed by atoms with van der Waals surface area (Å²) in [6.45, 7) is 2.24. The molecule has 0 amide bonds. The molecule has 1 aromatic carbocycles. The molecule has 0 saturated carbocycles. The Bertz CT molecular complexity index is 313. The molecule has 1 aromatic rings. The second kappa shape index (κ2) is 6.46. The van der Waals surface area contributed by atoms with Crippen LogP contribution in [0.2, 0.25) is 0 Å². The molecule has 86 valence electrons. The molecule has 1 heterocycles. The van der Waals surface area contributed by atoms with Gasteiger partial charge >= 0.3 is 0 Å². The van der Waals surface area contributed by atoms with E-state index in [9.17, 15) is 0 Å². The average Bonchev–Trinajstić information content (AvgIpc) is 2.83. The Morgan fingerprint density at radius 2 is 2.19 bits per heavy atom. The zero-order chi connectivity index (χ0) is 11.1. The normalized spacial score (nSPS) is 20.6. The zero-order valence-electron chi connectivity index (χ0n) is 9.47. The second-order valence-corrected chi connectivity index (χ2v) is 3.98. The molecule has 16 heavy (non-hydrogen) atoms. The maximum Gasteiger partial charge on any atom is 0.0757 e. The second-order valence-electron chi connectivity index (χ2n) is 3.98. The molecule has 2 nitrogen and oxygen atoms in total. The SMILES string of the molecule is C(=CC1CCCO1)COCc1ccccc1. The van der Waals surface area contributed by atoms with Gasteiger partial charge in [0.1, 0.15) is 0 Å². The van der Waals surface area contributed by atoms with E-state index in [4.69, 9.17) is 9.47 Å². The van der Waals surface area contributed by atoms with E-state index in [0.717, 1.165) is 13.0 Å². The molecule has 2 rings (SSSR count). The highest BCUT2D eigenvalue weighted by atomic mass is 16.5. The van der Waals surface area contributed by atoms with Crippen LogP contribution in [-0.2, 0) is 16.1 Å². The maximum atomic E-state index is 5.54. The van der Waals surface area contributed by atoms with Crippen molar-refractivity contribution in [3.63, 3.8) is 0 Å². The molecule has 2 heteroatoms. The lowest BCUT2D eigenvalue weighted by Gasteiger charge is -2.03. The summed E-state index contributed by atoms with van der Waals surface area (Å²) >= 11 is 0. The number of benzene rings is 1. The van der Waals surface area contributed by atoms with Crippen molar-refractivity contribution >= 4 is 0 Å². The quantitative estimate of drug-likeness (QED) is 0.559. The summed E-state index contributed by atoms with van der Waals surface area (Å²) in [4.78, 5) is 0. The van der Waals surface area contributed by atoms with Gasteiger partial charge in [0.2, 0.25) is 0 Å². The Morgan fingerprint density at radius 1 is 1.31 bits per heavy atom. The Kier molecular flexibility index (Phi) is 4.59. The number of ether oxygens (including phenoxy) is 2. The van der Waals surface area contributed by atoms with Crippen LogP contribution in [0.25, 0.3) is 0 Å². The molecule has 0 spiro atoms. The van der Waals surface area contributed by atoms with E-state index < -0.39 is 0 Å². The van der Waals surface area contributed by atoms with Gasteiger partial charge < -0.3 is 9.47 Å². The molecule has 1 fully saturated rings. The first kappa shape index (κ1) is 11.4. The number of rotatable bonds is 5. The fourth-order valence-corrected chi connectivity index (χ4v) is 1.78. The lowest BCUT2D eigenvalue weighted by atomic mass is 10.2. The van der Waals surface area contributed by atoms with E-state index in [1.165, 1.54) is 12.0 Å². The van der Waals surface area contributed by atoms with Crippen LogP contribution in [0.1, 0.15) is 18.4 Å². The summed E-state index contributed by atoms with van der Waals surface area (Å²) in [5.41, 5.74) is 1.22. The Labute approximate surface area is 96.9 Å². The van der Waals surface area contributed by atoms with Crippen molar-refractivity contribution in [2.24, 2.45) is 0 Å². The standard InChI is InChI=1S/C14H18O2/c1-2-6-13(7-3-1)12-15-10-4-8-14-9-5-11-16-14/h1-4,6-8,14H,5,9-12H2. The Hall–Kier alpha value is -1.12. The molecule has 0 aromatic heterocycles. The first-order valence-corrected chi connectivity index (χ1v) is 5.85. The van der Waals surface area contributed by atoms with Crippen molar-refractivity contribution in [3.8, 4) is 0 Å². The van der Waals surface area contributed by atoms with Crippen molar-refractivity contribution in [1.82, 2.24) is 0 Å². The molecule has 1 atom stereocenters. The highest BCUT2D eigenvalue weighted by Crippen LogP contribution is 2.12. The Morgan fingerprint density at radius 3 is 2.94 bits per heavy atom. The minimum absolute atomic E-state index is 0.320. The largest absolute Gasteiger partial charge is 0.374 e. The van der Waals surface area contributed by atoms with E-state index in [-0.39, 0.29) is 0 Å². The van der Waals surface area contributed by atoms with Crippen molar-refractivity contribution < 1.29 is 9.47 Å². The van der Waals surface area contributed by atoms with Crippen LogP contribution in [0, 0.1) is 0 Å². The molecule has 0 aliphatic carbocycles. The summed E-state index contributed by atoms with van der Waals surface area (Å²) in [7, 11) is 0. The lowest BCUT2D eigenvalue weighted by Crippen LogP contribution is -2.00. The summed E-state index contributed by atoms with van der Waals surface area (Å²) < 4.78 is 11.0. The van der Waals surface area contributed by atoms with Gasteiger partial charge in [-0.15, -0.1) is 0 Å². The minimum Gasteiger partial charge on any atom is -0.374 e. The topological polar surface area (TPSA) is 18.5 Å². The van der Waals surface area contributed by atoms with Crippen LogP contribution in [0.5, 0.6) is 0 Å². The van der Waals surface area contributed by atoms with E-state index in [1.54, 1.807) is 0 Å². The van der Waals surface area contributed by atoms with Crippen LogP contribution in [0.4, 0.5) is 0 Å². The minimum atomic E-state index is 0.320. The third-order valence-corrected chi connectivity index (χ3v) is 2.64. The van der Waals surface area contributed by atoms with Gasteiger partial charge in [0.25, 0.3) is 0 Å². The zero-order valence-corrected chi connectivity index (χ0v) is 9.47. The average molecular weight is 218 g/mol. The van der Waals surface area contributed by atoms with Crippen LogP contribution in [0.3, 0.4) is 0 Å². The summed E-state index contributed by atoms with van der Waals surface area (Å²) in [6, 6.07) is 10.2. The molecular weight excluding hydrogens is 200 g/mol. The van der Waals surface area contributed by atoms with Gasteiger partial charge in [-0.1, -0.05) is 42.5 Å². The maximum absolute atomic E-state index is 5.54. The highest BCUT2D eigenvalue weighted by molar-refractivity contribution is 5.13. The monoisotopic (exact) mass is 218 g/mol. The third kappa shape index (κ3) is 3.80. The van der Waals surface area contributed by atoms with Crippen LogP contribution in [-0.4, -0.2) is 19.3 Å². The molecule has 0 N–H and O–H groups in total. The molecule has 0 bridgehead atoms. The van der Waals surface area contributed by atoms with E-state index in [0.29, 0.717) is 19.3 Å². The highest BCUT2D eigenvalue weighted by Gasteiger charge is 2.10. The molecule has 1 unspecified atom stereocenters. The van der Waals surface area contributed by atoms with E-state index in [2.05, 4.69) is 24.3 Å². The van der Waals surface area contributed by atoms with Crippen molar-refractivity contribution in [2.75, 3.05) is 13.2 Å². The third-order valence-electron chi connectivity index (χ3n) is 2.64. The molecular formula is C14H18O2. The molecule has 0 radical (unpaired) electrons. The summed E-state index contributed by atoms with van der Waals surface area (Å²) in [5, 5.41) is 0. The van der Waals surface area contributed by atoms with Gasteiger partial charge in [-0.2, -0.15) is 0 Å². The predicted molar refractivity (Wildman–Crippen MR) is 64.2 cm³/mol. The molecule has 1 aliphatic rings. The van der Waals surface area contributed by atoms with Crippen molar-refractivity contribution in [1.29, 1.82) is 0 Å². The van der Waals surface area contributed by atoms with Crippen LogP contribution in [0.15, 0.2) is 42.5 Å². The number of hydrogen-bond acceptors (Lipinski definition) is 2. The number of hydrogen-bond donors (Lipinski definition) is 0. The van der Waals surface area contributed by atoms with Gasteiger partial charge in [-0.25, -0.2) is 0 Å². The van der Waals surface area contributed by atoms with Crippen molar-refractivity contribution in [2.45, 2.75) is 25.6 Å². The van der Waals surface area contributed by atoms with Crippen LogP contribution >= 0.6 is 0 Å². The molecule has 1 saturated heterocycles. The smallest absolute Gasteiger partial charge is 0.0757 e. The van der Waals surface area contributed by atoms with Gasteiger partial charge in [0, 0.05) is 6.61 Å². The predicted octanol–water partition coefficient (Wildman–Crippen LogP) is 2.94. The van der Waals surface area contributed by atoms with Gasteiger partial charge in [0.15, 0.2) is 0 Å². The van der Waals surface area contributed by atoms with E-state index in [1.807, 2.05) is 18.2 Å². The molecule has 1 aliphatic heterocycles. The first-order valence-electron chi connectivity index (χ1n) is 5.85. The van der Waals surface area contributed by atoms with Gasteiger partial charge in [0.05, 0.1) is 19.3 Å². The van der Waals surface area contributed by atoms with Gasteiger partial charge in [-0.05, 0) is 18.4 Å². The summed E-state index contributed by atoms with van der Waals surface area (Å²) in [6.07, 6.45) is 6.81. The van der Waals surface area contributed by atoms with E-state index >= 15 is 0 Å². The summed E-state index contributed by atoms with van der Waals surface area (Å²) in [5.74, 6) is 0. The van der Waals surface area contributed by atoms with Crippen LogP contribution < -0.4 is 0 Å².